The summed E-state index contributed by atoms with van der Waals surface area (Å²) >= 11 is 5.97. The third-order valence-corrected chi connectivity index (χ3v) is 7.03. The Labute approximate surface area is 182 Å². The zero-order valence-corrected chi connectivity index (χ0v) is 19.2. The lowest BCUT2D eigenvalue weighted by Gasteiger charge is -2.38. The molecule has 0 aromatic heterocycles. The van der Waals surface area contributed by atoms with Crippen LogP contribution in [0.3, 0.4) is 0 Å². The van der Waals surface area contributed by atoms with Gasteiger partial charge in [-0.15, -0.1) is 0 Å². The van der Waals surface area contributed by atoms with Gasteiger partial charge in [0, 0.05) is 37.7 Å². The second kappa shape index (κ2) is 10.8. The lowest BCUT2D eigenvalue weighted by Crippen LogP contribution is -2.47. The highest BCUT2D eigenvalue weighted by molar-refractivity contribution is 6.30. The number of likely N-dealkylation sites (tertiary alicyclic amines) is 2. The molecule has 2 fully saturated rings. The van der Waals surface area contributed by atoms with Gasteiger partial charge >= 0.3 is 0 Å². The van der Waals surface area contributed by atoms with Gasteiger partial charge in [0.05, 0.1) is 5.92 Å². The lowest BCUT2D eigenvalue weighted by atomic mass is 9.93. The number of halogens is 1. The third kappa shape index (κ3) is 6.70. The first kappa shape index (κ1) is 22.6. The molecule has 2 aliphatic rings. The van der Waals surface area contributed by atoms with E-state index < -0.39 is 0 Å². The smallest absolute Gasteiger partial charge is 0.226 e. The number of rotatable bonds is 7. The second-order valence-corrected chi connectivity index (χ2v) is 9.74. The molecule has 1 amide bonds. The van der Waals surface area contributed by atoms with Gasteiger partial charge in [0.25, 0.3) is 0 Å². The van der Waals surface area contributed by atoms with E-state index in [-0.39, 0.29) is 5.92 Å². The summed E-state index contributed by atoms with van der Waals surface area (Å²) in [5.41, 5.74) is 1.35. The van der Waals surface area contributed by atoms with Crippen LogP contribution in [-0.4, -0.2) is 73.0 Å². The highest BCUT2D eigenvalue weighted by Crippen LogP contribution is 2.23. The maximum absolute atomic E-state index is 13.0. The van der Waals surface area contributed by atoms with E-state index in [0.29, 0.717) is 17.9 Å². The fourth-order valence-corrected chi connectivity index (χ4v) is 4.92. The summed E-state index contributed by atoms with van der Waals surface area (Å²) in [6.45, 7) is 10.9. The quantitative estimate of drug-likeness (QED) is 0.663. The van der Waals surface area contributed by atoms with Crippen LogP contribution in [0.25, 0.3) is 0 Å². The van der Waals surface area contributed by atoms with Crippen molar-refractivity contribution in [2.24, 2.45) is 11.8 Å². The molecule has 2 saturated heterocycles. The largest absolute Gasteiger partial charge is 0.345 e. The molecule has 1 atom stereocenters. The van der Waals surface area contributed by atoms with Gasteiger partial charge in [0.1, 0.15) is 0 Å². The Bertz CT molecular complexity index is 640. The Morgan fingerprint density at radius 2 is 1.83 bits per heavy atom. The SMILES string of the molecule is CC(C)N1CCC[C@@H](C(=O)N(C)CC2CCN(CCc3ccc(Cl)cc3)CC2)C1. The molecule has 0 spiro atoms. The maximum atomic E-state index is 13.0. The van der Waals surface area contributed by atoms with Gasteiger partial charge in [-0.1, -0.05) is 23.7 Å². The van der Waals surface area contributed by atoms with Crippen LogP contribution in [0.2, 0.25) is 5.02 Å². The summed E-state index contributed by atoms with van der Waals surface area (Å²) in [5.74, 6) is 1.19. The van der Waals surface area contributed by atoms with Crippen LogP contribution in [0.5, 0.6) is 0 Å². The van der Waals surface area contributed by atoms with Crippen LogP contribution in [0, 0.1) is 11.8 Å². The van der Waals surface area contributed by atoms with Crippen molar-refractivity contribution < 1.29 is 4.79 Å². The number of benzene rings is 1. The Balaban J connectivity index is 1.38. The number of hydrogen-bond donors (Lipinski definition) is 0. The standard InChI is InChI=1S/C24H38ClN3O/c1-19(2)28-13-4-5-22(18-28)24(29)26(3)17-21-11-15-27(16-12-21)14-10-20-6-8-23(25)9-7-20/h6-9,19,21-22H,4-5,10-18H2,1-3H3/t22-/m1/s1. The minimum Gasteiger partial charge on any atom is -0.345 e. The van der Waals surface area contributed by atoms with Crippen molar-refractivity contribution in [3.63, 3.8) is 0 Å². The normalized spacial score (nSPS) is 22.2. The summed E-state index contributed by atoms with van der Waals surface area (Å²) in [6.07, 6.45) is 5.67. The molecule has 2 heterocycles. The molecule has 0 bridgehead atoms. The van der Waals surface area contributed by atoms with E-state index in [4.69, 9.17) is 11.6 Å². The molecule has 0 N–H and O–H groups in total. The Morgan fingerprint density at radius 3 is 2.48 bits per heavy atom. The predicted octanol–water partition coefficient (Wildman–Crippen LogP) is 4.17. The van der Waals surface area contributed by atoms with Gasteiger partial charge < -0.3 is 14.7 Å². The summed E-state index contributed by atoms with van der Waals surface area (Å²) in [6, 6.07) is 8.74. The summed E-state index contributed by atoms with van der Waals surface area (Å²) in [7, 11) is 2.02. The van der Waals surface area contributed by atoms with Gasteiger partial charge in [-0.3, -0.25) is 4.79 Å². The molecular formula is C24H38ClN3O. The minimum atomic E-state index is 0.190. The van der Waals surface area contributed by atoms with Crippen molar-refractivity contribution in [3.05, 3.63) is 34.9 Å². The molecule has 0 radical (unpaired) electrons. The predicted molar refractivity (Wildman–Crippen MR) is 121 cm³/mol. The van der Waals surface area contributed by atoms with Gasteiger partial charge in [0.15, 0.2) is 0 Å². The highest BCUT2D eigenvalue weighted by atomic mass is 35.5. The number of piperidine rings is 2. The zero-order chi connectivity index (χ0) is 20.8. The molecule has 0 aliphatic carbocycles. The van der Waals surface area contributed by atoms with Crippen molar-refractivity contribution in [3.8, 4) is 0 Å². The van der Waals surface area contributed by atoms with E-state index >= 15 is 0 Å². The molecule has 0 saturated carbocycles. The number of hydrogen-bond acceptors (Lipinski definition) is 3. The molecule has 1 aromatic carbocycles. The van der Waals surface area contributed by atoms with Gasteiger partial charge in [-0.05, 0) is 89.2 Å². The van der Waals surface area contributed by atoms with E-state index in [1.165, 1.54) is 18.4 Å². The van der Waals surface area contributed by atoms with Crippen LogP contribution < -0.4 is 0 Å². The lowest BCUT2D eigenvalue weighted by molar-refractivity contribution is -0.137. The Morgan fingerprint density at radius 1 is 1.14 bits per heavy atom. The molecule has 162 valence electrons. The molecule has 0 unspecified atom stereocenters. The van der Waals surface area contributed by atoms with E-state index in [0.717, 1.165) is 63.6 Å². The highest BCUT2D eigenvalue weighted by Gasteiger charge is 2.30. The van der Waals surface area contributed by atoms with Gasteiger partial charge in [-0.2, -0.15) is 0 Å². The van der Waals surface area contributed by atoms with Crippen LogP contribution in [0.15, 0.2) is 24.3 Å². The minimum absolute atomic E-state index is 0.190. The molecule has 5 heteroatoms. The average Bonchev–Trinajstić information content (AvgIpc) is 2.74. The topological polar surface area (TPSA) is 26.8 Å². The fraction of sp³-hybridized carbons (Fsp3) is 0.708. The van der Waals surface area contributed by atoms with Crippen molar-refractivity contribution in [1.82, 2.24) is 14.7 Å². The van der Waals surface area contributed by atoms with E-state index in [1.807, 2.05) is 24.1 Å². The molecule has 3 rings (SSSR count). The second-order valence-electron chi connectivity index (χ2n) is 9.31. The fourth-order valence-electron chi connectivity index (χ4n) is 4.80. The third-order valence-electron chi connectivity index (χ3n) is 6.78. The number of carbonyl (C=O) groups is 1. The first-order valence-electron chi connectivity index (χ1n) is 11.4. The molecular weight excluding hydrogens is 382 g/mol. The van der Waals surface area contributed by atoms with Crippen molar-refractivity contribution in [2.45, 2.75) is 52.0 Å². The molecule has 2 aliphatic heterocycles. The van der Waals surface area contributed by atoms with Crippen molar-refractivity contribution in [1.29, 1.82) is 0 Å². The molecule has 1 aromatic rings. The Hall–Kier alpha value is -1.10. The average molecular weight is 420 g/mol. The molecule has 4 nitrogen and oxygen atoms in total. The van der Waals surface area contributed by atoms with Crippen LogP contribution in [0.1, 0.15) is 45.1 Å². The van der Waals surface area contributed by atoms with E-state index in [9.17, 15) is 4.79 Å². The molecule has 29 heavy (non-hydrogen) atoms. The summed E-state index contributed by atoms with van der Waals surface area (Å²) in [5, 5.41) is 0.804. The monoisotopic (exact) mass is 419 g/mol. The first-order chi connectivity index (χ1) is 13.9. The van der Waals surface area contributed by atoms with Gasteiger partial charge in [-0.25, -0.2) is 0 Å². The number of carbonyl (C=O) groups excluding carboxylic acids is 1. The van der Waals surface area contributed by atoms with Crippen LogP contribution >= 0.6 is 11.6 Å². The Kier molecular flexibility index (Phi) is 8.40. The number of amides is 1. The van der Waals surface area contributed by atoms with Crippen molar-refractivity contribution >= 4 is 17.5 Å². The van der Waals surface area contributed by atoms with Crippen LogP contribution in [0.4, 0.5) is 0 Å². The maximum Gasteiger partial charge on any atom is 0.226 e. The number of nitrogens with zero attached hydrogens (tertiary/aromatic N) is 3. The van der Waals surface area contributed by atoms with Crippen LogP contribution in [-0.2, 0) is 11.2 Å². The summed E-state index contributed by atoms with van der Waals surface area (Å²) < 4.78 is 0. The van der Waals surface area contributed by atoms with Gasteiger partial charge in [0.2, 0.25) is 5.91 Å². The zero-order valence-electron chi connectivity index (χ0n) is 18.4. The van der Waals surface area contributed by atoms with E-state index in [1.54, 1.807) is 0 Å². The van der Waals surface area contributed by atoms with E-state index in [2.05, 4.69) is 35.8 Å². The summed E-state index contributed by atoms with van der Waals surface area (Å²) in [4.78, 5) is 20.0. The van der Waals surface area contributed by atoms with Crippen molar-refractivity contribution in [2.75, 3.05) is 46.3 Å². The first-order valence-corrected chi connectivity index (χ1v) is 11.8.